The lowest BCUT2D eigenvalue weighted by atomic mass is 9.78. The number of fused-ring (bicyclic) bond motifs is 3. The van der Waals surface area contributed by atoms with Gasteiger partial charge in [-0.3, -0.25) is 4.79 Å². The number of hydrogen-bond donors (Lipinski definition) is 0. The van der Waals surface area contributed by atoms with Gasteiger partial charge in [-0.15, -0.1) is 0 Å². The van der Waals surface area contributed by atoms with Crippen LogP contribution in [-0.2, 0) is 6.42 Å². The number of nitrogens with zero attached hydrogens (tertiary/aromatic N) is 2. The summed E-state index contributed by atoms with van der Waals surface area (Å²) in [5.41, 5.74) is 1.08. The first-order chi connectivity index (χ1) is 9.29. The number of carbonyl (C=O) groups is 1. The molecule has 2 bridgehead atoms. The summed E-state index contributed by atoms with van der Waals surface area (Å²) in [6, 6.07) is 0. The lowest BCUT2D eigenvalue weighted by Gasteiger charge is -2.41. The van der Waals surface area contributed by atoms with Crippen LogP contribution in [-0.4, -0.2) is 23.9 Å². The standard InChI is InChI=1S/C15H20N2OS/c18-13-6-2-5-12-14(13)19-15(16-12)17-8-10-3-1-4-11(7-10)9-17/h10-11H,1-9H2. The van der Waals surface area contributed by atoms with Crippen LogP contribution in [0.3, 0.4) is 0 Å². The monoisotopic (exact) mass is 276 g/mol. The Morgan fingerprint density at radius 2 is 1.89 bits per heavy atom. The van der Waals surface area contributed by atoms with Crippen molar-refractivity contribution in [2.75, 3.05) is 18.0 Å². The van der Waals surface area contributed by atoms with E-state index in [-0.39, 0.29) is 0 Å². The van der Waals surface area contributed by atoms with Crippen LogP contribution in [0.2, 0.25) is 0 Å². The Morgan fingerprint density at radius 3 is 2.63 bits per heavy atom. The summed E-state index contributed by atoms with van der Waals surface area (Å²) in [7, 11) is 0. The number of ketones is 1. The number of hydrogen-bond acceptors (Lipinski definition) is 4. The Bertz CT molecular complexity index is 498. The fourth-order valence-corrected chi connectivity index (χ4v) is 5.08. The number of rotatable bonds is 1. The molecule has 102 valence electrons. The molecule has 1 aromatic rings. The van der Waals surface area contributed by atoms with Gasteiger partial charge in [0.25, 0.3) is 0 Å². The van der Waals surface area contributed by atoms with Gasteiger partial charge in [-0.05, 0) is 43.9 Å². The molecule has 3 nitrogen and oxygen atoms in total. The van der Waals surface area contributed by atoms with Crippen molar-refractivity contribution < 1.29 is 4.79 Å². The van der Waals surface area contributed by atoms with E-state index in [1.165, 1.54) is 25.7 Å². The van der Waals surface area contributed by atoms with Crippen molar-refractivity contribution in [3.8, 4) is 0 Å². The van der Waals surface area contributed by atoms with E-state index < -0.39 is 0 Å². The zero-order valence-corrected chi connectivity index (χ0v) is 12.0. The number of anilines is 1. The lowest BCUT2D eigenvalue weighted by Crippen LogP contribution is -2.42. The van der Waals surface area contributed by atoms with Crippen LogP contribution in [0.15, 0.2) is 0 Å². The molecule has 19 heavy (non-hydrogen) atoms. The Hall–Kier alpha value is -0.900. The van der Waals surface area contributed by atoms with Crippen LogP contribution >= 0.6 is 11.3 Å². The van der Waals surface area contributed by atoms with E-state index in [0.717, 1.165) is 59.9 Å². The highest BCUT2D eigenvalue weighted by Crippen LogP contribution is 2.39. The second kappa shape index (κ2) is 4.58. The highest BCUT2D eigenvalue weighted by Gasteiger charge is 2.33. The molecule has 2 atom stereocenters. The molecule has 2 aliphatic carbocycles. The molecule has 1 saturated heterocycles. The summed E-state index contributed by atoms with van der Waals surface area (Å²) in [6.45, 7) is 2.33. The van der Waals surface area contributed by atoms with Crippen LogP contribution in [0.4, 0.5) is 5.13 Å². The highest BCUT2D eigenvalue weighted by molar-refractivity contribution is 7.17. The second-order valence-corrected chi connectivity index (χ2v) is 7.33. The first kappa shape index (κ1) is 11.9. The molecule has 0 radical (unpaired) electrons. The van der Waals surface area contributed by atoms with Crippen LogP contribution < -0.4 is 4.90 Å². The van der Waals surface area contributed by atoms with Gasteiger partial charge < -0.3 is 4.90 Å². The van der Waals surface area contributed by atoms with E-state index in [1.54, 1.807) is 11.3 Å². The molecule has 4 rings (SSSR count). The van der Waals surface area contributed by atoms with Gasteiger partial charge in [0, 0.05) is 19.5 Å². The van der Waals surface area contributed by atoms with Crippen molar-refractivity contribution in [3.05, 3.63) is 10.6 Å². The number of thiazole rings is 1. The predicted octanol–water partition coefficient (Wildman–Crippen LogP) is 3.29. The first-order valence-electron chi connectivity index (χ1n) is 7.57. The minimum absolute atomic E-state index is 0.321. The van der Waals surface area contributed by atoms with E-state index in [1.807, 2.05) is 0 Å². The maximum Gasteiger partial charge on any atom is 0.186 e. The molecule has 4 heteroatoms. The molecule has 0 amide bonds. The third-order valence-corrected chi connectivity index (χ3v) is 6.08. The Kier molecular flexibility index (Phi) is 2.87. The molecule has 0 aromatic carbocycles. The van der Waals surface area contributed by atoms with Gasteiger partial charge in [-0.1, -0.05) is 17.8 Å². The molecule has 2 unspecified atom stereocenters. The van der Waals surface area contributed by atoms with Gasteiger partial charge in [0.05, 0.1) is 10.6 Å². The Morgan fingerprint density at radius 1 is 1.11 bits per heavy atom. The third-order valence-electron chi connectivity index (χ3n) is 4.88. The second-order valence-electron chi connectivity index (χ2n) is 6.35. The topological polar surface area (TPSA) is 33.2 Å². The summed E-state index contributed by atoms with van der Waals surface area (Å²) >= 11 is 1.65. The average molecular weight is 276 g/mol. The Balaban J connectivity index is 1.60. The normalized spacial score (nSPS) is 30.3. The first-order valence-corrected chi connectivity index (χ1v) is 8.39. The number of aryl methyl sites for hydroxylation is 1. The number of aromatic nitrogens is 1. The maximum atomic E-state index is 11.9. The fraction of sp³-hybridized carbons (Fsp3) is 0.733. The largest absolute Gasteiger partial charge is 0.348 e. The molecule has 2 heterocycles. The van der Waals surface area contributed by atoms with E-state index in [0.29, 0.717) is 5.78 Å². The summed E-state index contributed by atoms with van der Waals surface area (Å²) in [6.07, 6.45) is 8.31. The molecule has 2 fully saturated rings. The molecule has 3 aliphatic rings. The molecule has 1 aliphatic heterocycles. The number of Topliss-reactive ketones (excluding diaryl/α,β-unsaturated/α-hetero) is 1. The molecule has 1 saturated carbocycles. The van der Waals surface area contributed by atoms with Crippen LogP contribution in [0.5, 0.6) is 0 Å². The average Bonchev–Trinajstić information content (AvgIpc) is 2.84. The van der Waals surface area contributed by atoms with Crippen molar-refractivity contribution in [1.82, 2.24) is 4.98 Å². The molecular weight excluding hydrogens is 256 g/mol. The Labute approximate surface area is 118 Å². The van der Waals surface area contributed by atoms with Gasteiger partial charge in [-0.2, -0.15) is 0 Å². The SMILES string of the molecule is O=C1CCCc2nc(N3CC4CCCC(C4)C3)sc21. The van der Waals surface area contributed by atoms with E-state index in [2.05, 4.69) is 4.90 Å². The summed E-state index contributed by atoms with van der Waals surface area (Å²) < 4.78 is 0. The lowest BCUT2D eigenvalue weighted by molar-refractivity contribution is 0.0976. The minimum Gasteiger partial charge on any atom is -0.348 e. The van der Waals surface area contributed by atoms with Crippen LogP contribution in [0.25, 0.3) is 0 Å². The number of piperidine rings is 1. The molecular formula is C15H20N2OS. The zero-order valence-electron chi connectivity index (χ0n) is 11.2. The van der Waals surface area contributed by atoms with Crippen molar-refractivity contribution in [3.63, 3.8) is 0 Å². The van der Waals surface area contributed by atoms with Gasteiger partial charge in [-0.25, -0.2) is 4.98 Å². The molecule has 0 N–H and O–H groups in total. The van der Waals surface area contributed by atoms with E-state index >= 15 is 0 Å². The van der Waals surface area contributed by atoms with Gasteiger partial charge in [0.15, 0.2) is 10.9 Å². The van der Waals surface area contributed by atoms with Gasteiger partial charge >= 0.3 is 0 Å². The third kappa shape index (κ3) is 2.10. The quantitative estimate of drug-likeness (QED) is 0.789. The van der Waals surface area contributed by atoms with Gasteiger partial charge in [0.1, 0.15) is 0 Å². The van der Waals surface area contributed by atoms with E-state index in [9.17, 15) is 4.79 Å². The van der Waals surface area contributed by atoms with Crippen molar-refractivity contribution >= 4 is 22.3 Å². The maximum absolute atomic E-state index is 11.9. The molecule has 1 aromatic heterocycles. The zero-order chi connectivity index (χ0) is 12.8. The number of carbonyl (C=O) groups excluding carboxylic acids is 1. The summed E-state index contributed by atoms with van der Waals surface area (Å²) in [4.78, 5) is 20.1. The van der Waals surface area contributed by atoms with Crippen LogP contribution in [0.1, 0.15) is 53.9 Å². The molecule has 0 spiro atoms. The van der Waals surface area contributed by atoms with E-state index in [4.69, 9.17) is 4.98 Å². The van der Waals surface area contributed by atoms with Gasteiger partial charge in [0.2, 0.25) is 0 Å². The predicted molar refractivity (Wildman–Crippen MR) is 77.0 cm³/mol. The van der Waals surface area contributed by atoms with Crippen molar-refractivity contribution in [1.29, 1.82) is 0 Å². The summed E-state index contributed by atoms with van der Waals surface area (Å²) in [5, 5.41) is 1.12. The minimum atomic E-state index is 0.321. The smallest absolute Gasteiger partial charge is 0.186 e. The highest BCUT2D eigenvalue weighted by atomic mass is 32.1. The van der Waals surface area contributed by atoms with Crippen molar-refractivity contribution in [2.24, 2.45) is 11.8 Å². The summed E-state index contributed by atoms with van der Waals surface area (Å²) in [5.74, 6) is 2.05. The van der Waals surface area contributed by atoms with Crippen molar-refractivity contribution in [2.45, 2.75) is 44.9 Å². The van der Waals surface area contributed by atoms with Crippen LogP contribution in [0, 0.1) is 11.8 Å². The fourth-order valence-electron chi connectivity index (χ4n) is 3.98.